The Morgan fingerprint density at radius 1 is 1.22 bits per heavy atom. The number of carbonyl (C=O) groups is 2. The lowest BCUT2D eigenvalue weighted by Gasteiger charge is -2.63. The molecule has 7 nitrogen and oxygen atoms in total. The molecule has 5 rings (SSSR count). The van der Waals surface area contributed by atoms with Gasteiger partial charge in [0.15, 0.2) is 5.78 Å². The number of hydrogen-bond acceptors (Lipinski definition) is 6. The topological polar surface area (TPSA) is 108 Å². The van der Waals surface area contributed by atoms with E-state index < -0.39 is 17.8 Å². The first-order valence-electron chi connectivity index (χ1n) is 14.6. The minimum atomic E-state index is -0.790. The summed E-state index contributed by atoms with van der Waals surface area (Å²) in [6.07, 6.45) is 7.40. The maximum atomic E-state index is 13.8. The van der Waals surface area contributed by atoms with E-state index in [2.05, 4.69) is 20.8 Å². The van der Waals surface area contributed by atoms with E-state index in [1.165, 1.54) is 5.57 Å². The molecule has 0 aromatic rings. The van der Waals surface area contributed by atoms with Crippen molar-refractivity contribution in [1.82, 2.24) is 0 Å². The predicted octanol–water partition coefficient (Wildman–Crippen LogP) is 3.94. The molecule has 4 aliphatic carbocycles. The number of allylic oxidation sites excluding steroid dienone is 1. The molecule has 0 spiro atoms. The Balaban J connectivity index is 1.47. The average molecular weight is 518 g/mol. The number of ketones is 1. The van der Waals surface area contributed by atoms with Gasteiger partial charge in [0.1, 0.15) is 0 Å². The van der Waals surface area contributed by atoms with E-state index >= 15 is 0 Å². The van der Waals surface area contributed by atoms with Crippen LogP contribution in [0.15, 0.2) is 11.6 Å². The molecule has 0 amide bonds. The van der Waals surface area contributed by atoms with Gasteiger partial charge in [0.25, 0.3) is 0 Å². The van der Waals surface area contributed by atoms with Crippen LogP contribution in [0.3, 0.4) is 0 Å². The van der Waals surface area contributed by atoms with Crippen LogP contribution in [0.2, 0.25) is 0 Å². The molecule has 7 heteroatoms. The SMILES string of the molecule is CO[C@@H]1C[C@]23COCC(C2CCC2C3=CC(=O)C3C2CCC(CC(C)C)C3C(=O)O)[C@H]1OCC(C)CN. The molecule has 1 saturated heterocycles. The highest BCUT2D eigenvalue weighted by molar-refractivity contribution is 5.97. The molecule has 3 saturated carbocycles. The molecular weight excluding hydrogens is 470 g/mol. The fourth-order valence-electron chi connectivity index (χ4n) is 9.21. The zero-order valence-electron chi connectivity index (χ0n) is 23.1. The second-order valence-electron chi connectivity index (χ2n) is 13.3. The van der Waals surface area contributed by atoms with Gasteiger partial charge in [0.2, 0.25) is 0 Å². The molecule has 0 aromatic carbocycles. The second kappa shape index (κ2) is 10.7. The smallest absolute Gasteiger partial charge is 0.307 e. The summed E-state index contributed by atoms with van der Waals surface area (Å²) in [6.45, 7) is 8.87. The number of rotatable bonds is 8. The maximum absolute atomic E-state index is 13.8. The van der Waals surface area contributed by atoms with Crippen LogP contribution in [0.4, 0.5) is 0 Å². The molecule has 4 fully saturated rings. The Bertz CT molecular complexity index is 903. The lowest BCUT2D eigenvalue weighted by Crippen LogP contribution is -2.64. The number of nitrogens with two attached hydrogens (primary N) is 1. The number of carboxylic acids is 1. The normalized spacial score (nSPS) is 43.9. The number of carboxylic acid groups (broad SMARTS) is 1. The summed E-state index contributed by atoms with van der Waals surface area (Å²) >= 11 is 0. The fraction of sp³-hybridized carbons (Fsp3) is 0.867. The van der Waals surface area contributed by atoms with Crippen LogP contribution in [0, 0.1) is 58.7 Å². The van der Waals surface area contributed by atoms with Gasteiger partial charge < -0.3 is 25.1 Å². The Labute approximate surface area is 221 Å². The van der Waals surface area contributed by atoms with Gasteiger partial charge in [-0.15, -0.1) is 0 Å². The molecule has 11 atom stereocenters. The highest BCUT2D eigenvalue weighted by atomic mass is 16.5. The molecule has 208 valence electrons. The molecule has 3 N–H and O–H groups in total. The number of hydrogen-bond donors (Lipinski definition) is 2. The van der Waals surface area contributed by atoms with Gasteiger partial charge in [-0.05, 0) is 86.7 Å². The zero-order chi connectivity index (χ0) is 26.5. The predicted molar refractivity (Wildman–Crippen MR) is 140 cm³/mol. The van der Waals surface area contributed by atoms with Crippen molar-refractivity contribution in [3.05, 3.63) is 11.6 Å². The van der Waals surface area contributed by atoms with Gasteiger partial charge >= 0.3 is 5.97 Å². The number of fused-ring (bicyclic) bond motifs is 3. The van der Waals surface area contributed by atoms with Crippen molar-refractivity contribution in [2.45, 2.75) is 71.5 Å². The Kier molecular flexibility index (Phi) is 7.90. The Hall–Kier alpha value is -1.28. The summed E-state index contributed by atoms with van der Waals surface area (Å²) in [7, 11) is 1.77. The first-order valence-corrected chi connectivity index (χ1v) is 14.6. The molecule has 37 heavy (non-hydrogen) atoms. The number of ether oxygens (including phenoxy) is 3. The van der Waals surface area contributed by atoms with E-state index in [1.54, 1.807) is 7.11 Å². The molecule has 1 aliphatic heterocycles. The summed E-state index contributed by atoms with van der Waals surface area (Å²) in [5.74, 6) is 0.0686. The maximum Gasteiger partial charge on any atom is 0.307 e. The standard InChI is InChI=1S/C30H47NO6/c1-16(2)9-18-5-6-20-19-7-8-22-21-14-36-15-30(22,11-25(35-4)28(21)37-13-17(3)12-31)23(19)10-24(32)27(20)26(18)29(33)34/h10,16-22,25-28H,5-9,11-15,31H2,1-4H3,(H,33,34)/t17?,18?,19?,20?,21?,22?,25-,26?,27?,28-,30+/m1/s1. The largest absolute Gasteiger partial charge is 0.481 e. The molecule has 1 heterocycles. The molecule has 0 aromatic heterocycles. The number of methoxy groups -OCH3 is 1. The highest BCUT2D eigenvalue weighted by Gasteiger charge is 2.63. The van der Waals surface area contributed by atoms with E-state index in [4.69, 9.17) is 19.9 Å². The minimum absolute atomic E-state index is 0.0375. The summed E-state index contributed by atoms with van der Waals surface area (Å²) in [5.41, 5.74) is 6.86. The number of carbonyl (C=O) groups excluding carboxylic acids is 1. The number of aliphatic carboxylic acids is 1. The summed E-state index contributed by atoms with van der Waals surface area (Å²) in [4.78, 5) is 26.4. The van der Waals surface area contributed by atoms with Crippen molar-refractivity contribution in [2.75, 3.05) is 33.5 Å². The van der Waals surface area contributed by atoms with Crippen molar-refractivity contribution >= 4 is 11.8 Å². The lowest BCUT2D eigenvalue weighted by molar-refractivity contribution is -0.222. The van der Waals surface area contributed by atoms with Gasteiger partial charge in [0, 0.05) is 24.4 Å². The van der Waals surface area contributed by atoms with E-state index in [-0.39, 0.29) is 53.0 Å². The molecule has 0 radical (unpaired) electrons. The lowest BCUT2D eigenvalue weighted by atomic mass is 9.45. The summed E-state index contributed by atoms with van der Waals surface area (Å²) < 4.78 is 18.8. The van der Waals surface area contributed by atoms with E-state index in [9.17, 15) is 14.7 Å². The highest BCUT2D eigenvalue weighted by Crippen LogP contribution is 2.64. The van der Waals surface area contributed by atoms with Gasteiger partial charge in [-0.3, -0.25) is 9.59 Å². The van der Waals surface area contributed by atoms with Crippen molar-refractivity contribution < 1.29 is 28.9 Å². The molecule has 5 aliphatic rings. The van der Waals surface area contributed by atoms with Crippen LogP contribution in [-0.4, -0.2) is 62.5 Å². The zero-order valence-corrected chi connectivity index (χ0v) is 23.1. The van der Waals surface area contributed by atoms with Crippen LogP contribution in [-0.2, 0) is 23.8 Å². The Morgan fingerprint density at radius 3 is 2.68 bits per heavy atom. The quantitative estimate of drug-likeness (QED) is 0.502. The van der Waals surface area contributed by atoms with E-state index in [1.807, 2.05) is 6.08 Å². The second-order valence-corrected chi connectivity index (χ2v) is 13.3. The summed E-state index contributed by atoms with van der Waals surface area (Å²) in [5, 5.41) is 10.3. The van der Waals surface area contributed by atoms with E-state index in [0.29, 0.717) is 38.2 Å². The van der Waals surface area contributed by atoms with Crippen LogP contribution >= 0.6 is 0 Å². The minimum Gasteiger partial charge on any atom is -0.481 e. The van der Waals surface area contributed by atoms with Crippen LogP contribution in [0.5, 0.6) is 0 Å². The Morgan fingerprint density at radius 2 is 2.00 bits per heavy atom. The van der Waals surface area contributed by atoms with Gasteiger partial charge in [0.05, 0.1) is 37.9 Å². The monoisotopic (exact) mass is 517 g/mol. The van der Waals surface area contributed by atoms with Gasteiger partial charge in [-0.25, -0.2) is 0 Å². The van der Waals surface area contributed by atoms with Crippen LogP contribution < -0.4 is 5.73 Å². The first kappa shape index (κ1) is 27.3. The molecular formula is C30H47NO6. The van der Waals surface area contributed by atoms with Gasteiger partial charge in [-0.1, -0.05) is 26.3 Å². The van der Waals surface area contributed by atoms with Crippen molar-refractivity contribution in [1.29, 1.82) is 0 Å². The third-order valence-corrected chi connectivity index (χ3v) is 10.7. The molecule has 8 unspecified atom stereocenters. The summed E-state index contributed by atoms with van der Waals surface area (Å²) in [6, 6.07) is 0. The van der Waals surface area contributed by atoms with Crippen LogP contribution in [0.25, 0.3) is 0 Å². The van der Waals surface area contributed by atoms with Crippen molar-refractivity contribution in [3.8, 4) is 0 Å². The van der Waals surface area contributed by atoms with Gasteiger partial charge in [-0.2, -0.15) is 0 Å². The first-order chi connectivity index (χ1) is 17.7. The van der Waals surface area contributed by atoms with Crippen molar-refractivity contribution in [2.24, 2.45) is 64.4 Å². The average Bonchev–Trinajstić information content (AvgIpc) is 2.86. The van der Waals surface area contributed by atoms with Crippen LogP contribution in [0.1, 0.15) is 59.3 Å². The third kappa shape index (κ3) is 4.62. The molecule has 2 bridgehead atoms. The fourth-order valence-corrected chi connectivity index (χ4v) is 9.21. The van der Waals surface area contributed by atoms with E-state index in [0.717, 1.165) is 38.5 Å². The third-order valence-electron chi connectivity index (χ3n) is 10.7. The van der Waals surface area contributed by atoms with Crippen molar-refractivity contribution in [3.63, 3.8) is 0 Å².